The lowest BCUT2D eigenvalue weighted by Crippen LogP contribution is -2.66. The third kappa shape index (κ3) is 8.03. The molecule has 0 saturated carbocycles. The summed E-state index contributed by atoms with van der Waals surface area (Å²) in [6, 6.07) is 0. The molecule has 0 aromatic carbocycles. The van der Waals surface area contributed by atoms with Gasteiger partial charge in [-0.25, -0.2) is 4.79 Å². The predicted octanol–water partition coefficient (Wildman–Crippen LogP) is 2.33. The fraction of sp³-hybridized carbons (Fsp3) is 0.950. The highest BCUT2D eigenvalue weighted by Crippen LogP contribution is 2.32. The fourth-order valence-corrected chi connectivity index (χ4v) is 3.61. The van der Waals surface area contributed by atoms with E-state index in [1.165, 1.54) is 51.4 Å². The molecule has 0 aromatic rings. The molecule has 0 aliphatic carbocycles. The lowest BCUT2D eigenvalue weighted by Gasteiger charge is -2.44. The summed E-state index contributed by atoms with van der Waals surface area (Å²) in [6.07, 6.45) is 6.71. The minimum absolute atomic E-state index is 0.0131. The zero-order chi connectivity index (χ0) is 20.3. The van der Waals surface area contributed by atoms with Crippen LogP contribution >= 0.6 is 0 Å². The molecule has 1 fully saturated rings. The van der Waals surface area contributed by atoms with Gasteiger partial charge in [-0.15, -0.1) is 0 Å². The number of aliphatic hydroxyl groups excluding tert-OH is 3. The molecule has 0 radical (unpaired) electrons. The van der Waals surface area contributed by atoms with Crippen molar-refractivity contribution < 1.29 is 35.1 Å². The molecule has 7 nitrogen and oxygen atoms in total. The molecule has 1 heterocycles. The number of hydrogen-bond donors (Lipinski definition) is 5. The van der Waals surface area contributed by atoms with Gasteiger partial charge in [0.15, 0.2) is 11.9 Å². The lowest BCUT2D eigenvalue weighted by atomic mass is 9.89. The van der Waals surface area contributed by atoms with E-state index in [2.05, 4.69) is 6.92 Å². The van der Waals surface area contributed by atoms with E-state index in [9.17, 15) is 25.2 Å². The maximum Gasteiger partial charge on any atom is 0.335 e. The van der Waals surface area contributed by atoms with Crippen LogP contribution in [0.15, 0.2) is 0 Å². The van der Waals surface area contributed by atoms with E-state index in [1.54, 1.807) is 0 Å². The molecule has 1 aliphatic heterocycles. The number of aliphatic carboxylic acids is 1. The quantitative estimate of drug-likeness (QED) is 0.288. The molecule has 160 valence electrons. The Morgan fingerprint density at radius 1 is 0.815 bits per heavy atom. The zero-order valence-electron chi connectivity index (χ0n) is 16.6. The molecule has 1 aliphatic rings. The lowest BCUT2D eigenvalue weighted by molar-refractivity contribution is -0.343. The van der Waals surface area contributed by atoms with E-state index in [-0.39, 0.29) is 6.42 Å². The van der Waals surface area contributed by atoms with E-state index >= 15 is 0 Å². The van der Waals surface area contributed by atoms with Crippen LogP contribution in [0.4, 0.5) is 0 Å². The topological polar surface area (TPSA) is 127 Å². The second-order valence-corrected chi connectivity index (χ2v) is 7.79. The van der Waals surface area contributed by atoms with Gasteiger partial charge in [0.2, 0.25) is 0 Å². The van der Waals surface area contributed by atoms with Crippen LogP contribution < -0.4 is 0 Å². The second-order valence-electron chi connectivity index (χ2n) is 7.79. The third-order valence-corrected chi connectivity index (χ3v) is 5.41. The summed E-state index contributed by atoms with van der Waals surface area (Å²) in [7, 11) is 0. The smallest absolute Gasteiger partial charge is 0.335 e. The number of rotatable bonds is 14. The Kier molecular flexibility index (Phi) is 11.4. The van der Waals surface area contributed by atoms with Crippen molar-refractivity contribution in [3.63, 3.8) is 0 Å². The number of aliphatic hydroxyl groups is 4. The molecule has 0 spiro atoms. The summed E-state index contributed by atoms with van der Waals surface area (Å²) < 4.78 is 5.03. The average Bonchev–Trinajstić information content (AvgIpc) is 2.64. The number of unbranched alkanes of at least 4 members (excludes halogenated alkanes) is 11. The van der Waals surface area contributed by atoms with Gasteiger partial charge in [-0.1, -0.05) is 77.6 Å². The van der Waals surface area contributed by atoms with Gasteiger partial charge in [0.05, 0.1) is 0 Å². The highest BCUT2D eigenvalue weighted by molar-refractivity contribution is 5.73. The number of carboxylic acids is 1. The Morgan fingerprint density at radius 3 is 1.70 bits per heavy atom. The van der Waals surface area contributed by atoms with Crippen LogP contribution in [0.5, 0.6) is 0 Å². The van der Waals surface area contributed by atoms with Gasteiger partial charge in [-0.3, -0.25) is 0 Å². The minimum Gasteiger partial charge on any atom is -0.479 e. The molecular formula is C20H38O7. The molecular weight excluding hydrogens is 352 g/mol. The van der Waals surface area contributed by atoms with Gasteiger partial charge >= 0.3 is 5.97 Å². The van der Waals surface area contributed by atoms with Crippen molar-refractivity contribution in [2.45, 2.75) is 121 Å². The summed E-state index contributed by atoms with van der Waals surface area (Å²) in [5.41, 5.74) is 0. The Bertz CT molecular complexity index is 417. The number of carbonyl (C=O) groups is 1. The molecule has 1 rings (SSSR count). The van der Waals surface area contributed by atoms with Crippen molar-refractivity contribution >= 4 is 5.97 Å². The highest BCUT2D eigenvalue weighted by Gasteiger charge is 2.54. The molecule has 0 aromatic heterocycles. The largest absolute Gasteiger partial charge is 0.479 e. The van der Waals surface area contributed by atoms with Gasteiger partial charge in [-0.2, -0.15) is 0 Å². The van der Waals surface area contributed by atoms with Crippen LogP contribution in [0, 0.1) is 0 Å². The van der Waals surface area contributed by atoms with E-state index < -0.39 is 36.2 Å². The van der Waals surface area contributed by atoms with Crippen LogP contribution in [-0.2, 0) is 9.53 Å². The monoisotopic (exact) mass is 390 g/mol. The van der Waals surface area contributed by atoms with Crippen molar-refractivity contribution in [3.8, 4) is 0 Å². The van der Waals surface area contributed by atoms with Crippen LogP contribution in [-0.4, -0.2) is 61.7 Å². The first-order valence-corrected chi connectivity index (χ1v) is 10.5. The molecule has 5 atom stereocenters. The summed E-state index contributed by atoms with van der Waals surface area (Å²) in [5.74, 6) is -3.64. The second kappa shape index (κ2) is 12.7. The first-order valence-electron chi connectivity index (χ1n) is 10.5. The summed E-state index contributed by atoms with van der Waals surface area (Å²) in [5, 5.41) is 48.8. The predicted molar refractivity (Wildman–Crippen MR) is 101 cm³/mol. The van der Waals surface area contributed by atoms with E-state index in [0.717, 1.165) is 19.3 Å². The number of carboxylic acid groups (broad SMARTS) is 1. The number of ether oxygens (including phenoxy) is 1. The highest BCUT2D eigenvalue weighted by atomic mass is 16.7. The Morgan fingerprint density at radius 2 is 1.26 bits per heavy atom. The van der Waals surface area contributed by atoms with Crippen molar-refractivity contribution in [2.75, 3.05) is 0 Å². The van der Waals surface area contributed by atoms with E-state index in [0.29, 0.717) is 6.42 Å². The van der Waals surface area contributed by atoms with E-state index in [1.807, 2.05) is 0 Å². The number of hydrogen-bond acceptors (Lipinski definition) is 6. The molecule has 1 saturated heterocycles. The molecule has 27 heavy (non-hydrogen) atoms. The van der Waals surface area contributed by atoms with Crippen LogP contribution in [0.2, 0.25) is 0 Å². The SMILES string of the molecule is CCCCCCCCCCCCCC[C@@]1(O)O[C@H](C(=O)O)[C@@H](O)[C@H](O)[C@H]1O. The molecule has 0 unspecified atom stereocenters. The summed E-state index contributed by atoms with van der Waals surface area (Å²) in [4.78, 5) is 11.1. The van der Waals surface area contributed by atoms with Gasteiger partial charge < -0.3 is 30.3 Å². The van der Waals surface area contributed by atoms with Crippen LogP contribution in [0.1, 0.15) is 90.4 Å². The zero-order valence-corrected chi connectivity index (χ0v) is 16.6. The van der Waals surface area contributed by atoms with Crippen molar-refractivity contribution in [1.29, 1.82) is 0 Å². The normalized spacial score (nSPS) is 31.1. The molecule has 0 amide bonds. The minimum atomic E-state index is -2.15. The molecule has 5 N–H and O–H groups in total. The standard InChI is InChI=1S/C20H38O7/c1-2-3-4-5-6-7-8-9-10-11-12-13-14-20(26)18(23)16(22)15(21)17(27-20)19(24)25/h15-18,21-23,26H,2-14H2,1H3,(H,24,25)/t15-,16-,17-,18+,20+/m0/s1. The first kappa shape index (κ1) is 24.3. The van der Waals surface area contributed by atoms with Gasteiger partial charge in [0.25, 0.3) is 0 Å². The van der Waals surface area contributed by atoms with Crippen molar-refractivity contribution in [3.05, 3.63) is 0 Å². The summed E-state index contributed by atoms with van der Waals surface area (Å²) in [6.45, 7) is 2.22. The Balaban J connectivity index is 2.17. The summed E-state index contributed by atoms with van der Waals surface area (Å²) >= 11 is 0. The first-order chi connectivity index (χ1) is 12.8. The van der Waals surface area contributed by atoms with Crippen LogP contribution in [0.25, 0.3) is 0 Å². The Hall–Kier alpha value is -0.730. The maximum atomic E-state index is 11.1. The Labute approximate surface area is 162 Å². The maximum absolute atomic E-state index is 11.1. The van der Waals surface area contributed by atoms with Gasteiger partial charge in [-0.05, 0) is 6.42 Å². The van der Waals surface area contributed by atoms with Gasteiger partial charge in [0.1, 0.15) is 18.3 Å². The fourth-order valence-electron chi connectivity index (χ4n) is 3.61. The molecule has 0 bridgehead atoms. The van der Waals surface area contributed by atoms with Crippen molar-refractivity contribution in [2.24, 2.45) is 0 Å². The third-order valence-electron chi connectivity index (χ3n) is 5.41. The van der Waals surface area contributed by atoms with Crippen molar-refractivity contribution in [1.82, 2.24) is 0 Å². The van der Waals surface area contributed by atoms with Crippen LogP contribution in [0.3, 0.4) is 0 Å². The average molecular weight is 391 g/mol. The van der Waals surface area contributed by atoms with E-state index in [4.69, 9.17) is 9.84 Å². The molecule has 7 heteroatoms. The van der Waals surface area contributed by atoms with Gasteiger partial charge in [0, 0.05) is 6.42 Å².